The molecule has 1 heterocycles. The van der Waals surface area contributed by atoms with Crippen LogP contribution in [0, 0.1) is 0 Å². The second kappa shape index (κ2) is 8.75. The molecular weight excluding hydrogens is 350 g/mol. The summed E-state index contributed by atoms with van der Waals surface area (Å²) < 4.78 is 0. The first-order chi connectivity index (χ1) is 11.5. The molecule has 0 fully saturated rings. The Morgan fingerprint density at radius 1 is 1.25 bits per heavy atom. The van der Waals surface area contributed by atoms with Gasteiger partial charge in [-0.05, 0) is 24.1 Å². The van der Waals surface area contributed by atoms with Gasteiger partial charge in [0.05, 0.1) is 6.42 Å². The lowest BCUT2D eigenvalue weighted by atomic mass is 9.92. The van der Waals surface area contributed by atoms with E-state index in [-0.39, 0.29) is 18.7 Å². The molecule has 1 atom stereocenters. The summed E-state index contributed by atoms with van der Waals surface area (Å²) in [5.74, 6) is -1.66. The third-order valence-electron chi connectivity index (χ3n) is 3.37. The molecule has 6 nitrogen and oxygen atoms in total. The third-order valence-corrected chi connectivity index (χ3v) is 4.52. The molecule has 1 aromatic heterocycles. The number of anilines is 1. The maximum atomic E-state index is 12.2. The van der Waals surface area contributed by atoms with Gasteiger partial charge in [0.1, 0.15) is 5.01 Å². The monoisotopic (exact) mass is 367 g/mol. The summed E-state index contributed by atoms with van der Waals surface area (Å²) in [6.45, 7) is 2.04. The highest BCUT2D eigenvalue weighted by Gasteiger charge is 2.20. The van der Waals surface area contributed by atoms with Crippen LogP contribution in [0.15, 0.2) is 24.3 Å². The van der Waals surface area contributed by atoms with Crippen molar-refractivity contribution in [3.05, 3.63) is 39.9 Å². The number of aryl methyl sites for hydroxylation is 1. The fourth-order valence-electron chi connectivity index (χ4n) is 2.27. The molecule has 2 N–H and O–H groups in total. The number of carboxylic acids is 1. The van der Waals surface area contributed by atoms with Crippen molar-refractivity contribution in [2.75, 3.05) is 5.32 Å². The number of rotatable bonds is 8. The zero-order valence-corrected chi connectivity index (χ0v) is 14.7. The summed E-state index contributed by atoms with van der Waals surface area (Å²) in [5.41, 5.74) is 0.765. The summed E-state index contributed by atoms with van der Waals surface area (Å²) >= 11 is 7.19. The van der Waals surface area contributed by atoms with Gasteiger partial charge < -0.3 is 10.4 Å². The van der Waals surface area contributed by atoms with Crippen LogP contribution in [0.2, 0.25) is 5.02 Å². The minimum atomic E-state index is -0.955. The van der Waals surface area contributed by atoms with Crippen molar-refractivity contribution in [3.63, 3.8) is 0 Å². The van der Waals surface area contributed by atoms with Gasteiger partial charge >= 0.3 is 5.97 Å². The zero-order valence-electron chi connectivity index (χ0n) is 13.2. The molecular formula is C16H18ClN3O3S. The topological polar surface area (TPSA) is 92.2 Å². The van der Waals surface area contributed by atoms with Crippen LogP contribution in [0.3, 0.4) is 0 Å². The van der Waals surface area contributed by atoms with E-state index in [1.54, 1.807) is 24.3 Å². The van der Waals surface area contributed by atoms with Crippen LogP contribution in [-0.2, 0) is 16.0 Å². The highest BCUT2D eigenvalue weighted by molar-refractivity contribution is 7.15. The molecule has 0 spiro atoms. The van der Waals surface area contributed by atoms with Gasteiger partial charge in [-0.15, -0.1) is 10.2 Å². The van der Waals surface area contributed by atoms with Crippen molar-refractivity contribution in [2.45, 2.75) is 38.5 Å². The van der Waals surface area contributed by atoms with Gasteiger partial charge in [0, 0.05) is 23.8 Å². The quantitative estimate of drug-likeness (QED) is 0.741. The van der Waals surface area contributed by atoms with Crippen LogP contribution in [-0.4, -0.2) is 27.2 Å². The van der Waals surface area contributed by atoms with Crippen molar-refractivity contribution in [1.82, 2.24) is 10.2 Å². The second-order valence-corrected chi connectivity index (χ2v) is 6.85. The molecule has 2 aromatic rings. The Kier molecular flexibility index (Phi) is 6.69. The first-order valence-corrected chi connectivity index (χ1v) is 8.77. The Bertz CT molecular complexity index is 703. The second-order valence-electron chi connectivity index (χ2n) is 5.35. The molecule has 1 aromatic carbocycles. The Balaban J connectivity index is 2.03. The molecule has 0 aliphatic heterocycles. The molecule has 2 rings (SSSR count). The van der Waals surface area contributed by atoms with Crippen molar-refractivity contribution in [3.8, 4) is 0 Å². The third kappa shape index (κ3) is 5.58. The molecule has 0 bridgehead atoms. The number of carboxylic acid groups (broad SMARTS) is 1. The average molecular weight is 368 g/mol. The van der Waals surface area contributed by atoms with Crippen LogP contribution in [0.4, 0.5) is 5.13 Å². The zero-order chi connectivity index (χ0) is 17.5. The average Bonchev–Trinajstić information content (AvgIpc) is 2.94. The Hall–Kier alpha value is -1.99. The lowest BCUT2D eigenvalue weighted by Gasteiger charge is -2.14. The molecule has 1 unspecified atom stereocenters. The van der Waals surface area contributed by atoms with Gasteiger partial charge in [0.15, 0.2) is 0 Å². The maximum Gasteiger partial charge on any atom is 0.303 e. The number of hydrogen-bond acceptors (Lipinski definition) is 5. The lowest BCUT2D eigenvalue weighted by Crippen LogP contribution is -2.17. The van der Waals surface area contributed by atoms with Crippen molar-refractivity contribution < 1.29 is 14.7 Å². The van der Waals surface area contributed by atoms with E-state index >= 15 is 0 Å². The number of aliphatic carboxylic acids is 1. The van der Waals surface area contributed by atoms with Crippen molar-refractivity contribution in [2.24, 2.45) is 0 Å². The number of halogens is 1. The van der Waals surface area contributed by atoms with E-state index in [2.05, 4.69) is 15.5 Å². The number of nitrogens with one attached hydrogen (secondary N) is 1. The summed E-state index contributed by atoms with van der Waals surface area (Å²) in [6.07, 6.45) is 1.70. The molecule has 128 valence electrons. The molecule has 1 amide bonds. The van der Waals surface area contributed by atoms with E-state index in [0.29, 0.717) is 10.2 Å². The van der Waals surface area contributed by atoms with Crippen molar-refractivity contribution >= 4 is 39.9 Å². The van der Waals surface area contributed by atoms with Gasteiger partial charge in [-0.1, -0.05) is 42.0 Å². The smallest absolute Gasteiger partial charge is 0.303 e. The van der Waals surface area contributed by atoms with Gasteiger partial charge in [0.2, 0.25) is 11.0 Å². The molecule has 0 radical (unpaired) electrons. The van der Waals surface area contributed by atoms with Gasteiger partial charge in [0.25, 0.3) is 0 Å². The first kappa shape index (κ1) is 18.4. The molecule has 0 aliphatic rings. The number of aromatic nitrogens is 2. The van der Waals surface area contributed by atoms with Gasteiger partial charge in [-0.25, -0.2) is 0 Å². The highest BCUT2D eigenvalue weighted by Crippen LogP contribution is 2.26. The van der Waals surface area contributed by atoms with Crippen LogP contribution < -0.4 is 5.32 Å². The minimum absolute atomic E-state index is 0.0522. The fourth-order valence-corrected chi connectivity index (χ4v) is 3.25. The molecule has 0 saturated heterocycles. The predicted octanol–water partition coefficient (Wildman–Crippen LogP) is 3.73. The lowest BCUT2D eigenvalue weighted by molar-refractivity contribution is -0.137. The fraction of sp³-hybridized carbons (Fsp3) is 0.375. The number of hydrogen-bond donors (Lipinski definition) is 2. The SMILES string of the molecule is CCCc1nnc(NC(=O)CC(CC(=O)O)c2ccc(Cl)cc2)s1. The Labute approximate surface area is 148 Å². The summed E-state index contributed by atoms with van der Waals surface area (Å²) in [4.78, 5) is 23.3. The number of benzene rings is 1. The predicted molar refractivity (Wildman–Crippen MR) is 93.6 cm³/mol. The molecule has 0 saturated carbocycles. The van der Waals surface area contributed by atoms with E-state index in [0.717, 1.165) is 23.4 Å². The minimum Gasteiger partial charge on any atom is -0.481 e. The molecule has 24 heavy (non-hydrogen) atoms. The van der Waals surface area contributed by atoms with Gasteiger partial charge in [-0.2, -0.15) is 0 Å². The van der Waals surface area contributed by atoms with E-state index in [4.69, 9.17) is 16.7 Å². The van der Waals surface area contributed by atoms with Gasteiger partial charge in [-0.3, -0.25) is 9.59 Å². The van der Waals surface area contributed by atoms with Crippen LogP contribution in [0.5, 0.6) is 0 Å². The first-order valence-electron chi connectivity index (χ1n) is 7.57. The van der Waals surface area contributed by atoms with Crippen LogP contribution in [0.25, 0.3) is 0 Å². The highest BCUT2D eigenvalue weighted by atomic mass is 35.5. The molecule has 0 aliphatic carbocycles. The molecule has 8 heteroatoms. The van der Waals surface area contributed by atoms with E-state index in [1.807, 2.05) is 6.92 Å². The Morgan fingerprint density at radius 2 is 1.96 bits per heavy atom. The van der Waals surface area contributed by atoms with E-state index in [1.165, 1.54) is 11.3 Å². The number of carbonyl (C=O) groups is 2. The van der Waals surface area contributed by atoms with E-state index in [9.17, 15) is 9.59 Å². The van der Waals surface area contributed by atoms with Crippen LogP contribution >= 0.6 is 22.9 Å². The van der Waals surface area contributed by atoms with Crippen molar-refractivity contribution in [1.29, 1.82) is 0 Å². The van der Waals surface area contributed by atoms with E-state index < -0.39 is 11.9 Å². The normalized spacial score (nSPS) is 11.9. The maximum absolute atomic E-state index is 12.2. The Morgan fingerprint density at radius 3 is 2.58 bits per heavy atom. The summed E-state index contributed by atoms with van der Waals surface area (Å²) in [6, 6.07) is 6.86. The number of carbonyl (C=O) groups excluding carboxylic acids is 1. The largest absolute Gasteiger partial charge is 0.481 e. The number of nitrogens with zero attached hydrogens (tertiary/aromatic N) is 2. The summed E-state index contributed by atoms with van der Waals surface area (Å²) in [5, 5.41) is 21.6. The number of amides is 1. The van der Waals surface area contributed by atoms with Crippen LogP contribution in [0.1, 0.15) is 42.7 Å². The summed E-state index contributed by atoms with van der Waals surface area (Å²) in [7, 11) is 0. The standard InChI is InChI=1S/C16H18ClN3O3S/c1-2-3-14-19-20-16(24-14)18-13(21)8-11(9-15(22)23)10-4-6-12(17)7-5-10/h4-7,11H,2-3,8-9H2,1H3,(H,22,23)(H,18,20,21).